The largest absolute Gasteiger partial charge is 0.378 e. The van der Waals surface area contributed by atoms with E-state index in [9.17, 15) is 4.79 Å². The molecule has 1 amide bonds. The smallest absolute Gasteiger partial charge is 0.275 e. The number of hydrogen-bond donors (Lipinski definition) is 1. The van der Waals surface area contributed by atoms with Crippen molar-refractivity contribution in [2.75, 3.05) is 36.5 Å². The van der Waals surface area contributed by atoms with Gasteiger partial charge in [0, 0.05) is 41.8 Å². The summed E-state index contributed by atoms with van der Waals surface area (Å²) in [6, 6.07) is 5.90. The number of benzene rings is 1. The number of nitrogens with one attached hydrogen (secondary N) is 1. The zero-order valence-electron chi connectivity index (χ0n) is 14.7. The van der Waals surface area contributed by atoms with Gasteiger partial charge in [-0.05, 0) is 18.2 Å². The second-order valence-corrected chi connectivity index (χ2v) is 7.93. The highest BCUT2D eigenvalue weighted by molar-refractivity contribution is 9.10. The summed E-state index contributed by atoms with van der Waals surface area (Å²) in [5.41, 5.74) is 3.04. The molecule has 1 N–H and O–H groups in total. The fraction of sp³-hybridized carbons (Fsp3) is 0.278. The van der Waals surface area contributed by atoms with E-state index in [1.54, 1.807) is 16.3 Å². The zero-order chi connectivity index (χ0) is 18.8. The quantitative estimate of drug-likeness (QED) is 0.663. The van der Waals surface area contributed by atoms with Crippen LogP contribution in [0.1, 0.15) is 10.5 Å². The maximum Gasteiger partial charge on any atom is 0.275 e. The molecule has 2 aromatic heterocycles. The van der Waals surface area contributed by atoms with E-state index in [1.165, 1.54) is 11.3 Å². The predicted octanol–water partition coefficient (Wildman–Crippen LogP) is 3.40. The number of anilines is 2. The molecule has 3 heterocycles. The van der Waals surface area contributed by atoms with Crippen molar-refractivity contribution in [3.63, 3.8) is 0 Å². The number of aromatic nitrogens is 3. The van der Waals surface area contributed by atoms with Crippen LogP contribution in [0.25, 0.3) is 10.6 Å². The van der Waals surface area contributed by atoms with Crippen molar-refractivity contribution >= 4 is 44.5 Å². The molecule has 27 heavy (non-hydrogen) atoms. The van der Waals surface area contributed by atoms with Crippen LogP contribution in [-0.4, -0.2) is 47.0 Å². The van der Waals surface area contributed by atoms with Crippen molar-refractivity contribution in [2.24, 2.45) is 7.05 Å². The molecule has 1 aromatic carbocycles. The monoisotopic (exact) mass is 447 g/mol. The van der Waals surface area contributed by atoms with Crippen LogP contribution in [0.3, 0.4) is 0 Å². The Labute approximate surface area is 169 Å². The van der Waals surface area contributed by atoms with Crippen LogP contribution in [-0.2, 0) is 11.8 Å². The van der Waals surface area contributed by atoms with Gasteiger partial charge in [0.2, 0.25) is 0 Å². The van der Waals surface area contributed by atoms with Crippen LogP contribution in [0, 0.1) is 0 Å². The summed E-state index contributed by atoms with van der Waals surface area (Å²) < 4.78 is 8.05. The number of thiazole rings is 1. The molecule has 0 spiro atoms. The lowest BCUT2D eigenvalue weighted by atomic mass is 10.2. The average molecular weight is 448 g/mol. The number of aryl methyl sites for hydroxylation is 1. The third-order valence-corrected chi connectivity index (χ3v) is 5.63. The summed E-state index contributed by atoms with van der Waals surface area (Å²) >= 11 is 4.91. The van der Waals surface area contributed by atoms with Gasteiger partial charge in [-0.25, -0.2) is 4.98 Å². The fourth-order valence-corrected chi connectivity index (χ4v) is 4.05. The van der Waals surface area contributed by atoms with E-state index in [4.69, 9.17) is 4.74 Å². The van der Waals surface area contributed by atoms with Gasteiger partial charge in [0.05, 0.1) is 30.8 Å². The van der Waals surface area contributed by atoms with E-state index in [0.717, 1.165) is 39.5 Å². The summed E-state index contributed by atoms with van der Waals surface area (Å²) in [6.45, 7) is 2.97. The molecule has 1 fully saturated rings. The van der Waals surface area contributed by atoms with Crippen molar-refractivity contribution in [3.05, 3.63) is 46.1 Å². The minimum Gasteiger partial charge on any atom is -0.378 e. The van der Waals surface area contributed by atoms with Crippen LogP contribution in [0.4, 0.5) is 11.4 Å². The summed E-state index contributed by atoms with van der Waals surface area (Å²) in [5, 5.41) is 9.70. The lowest BCUT2D eigenvalue weighted by Gasteiger charge is -2.30. The number of morpholine rings is 1. The van der Waals surface area contributed by atoms with Gasteiger partial charge in [-0.2, -0.15) is 5.10 Å². The number of rotatable bonds is 4. The summed E-state index contributed by atoms with van der Waals surface area (Å²) in [4.78, 5) is 19.4. The number of nitrogens with zero attached hydrogens (tertiary/aromatic N) is 4. The molecule has 0 radical (unpaired) electrons. The van der Waals surface area contributed by atoms with Crippen LogP contribution < -0.4 is 10.2 Å². The lowest BCUT2D eigenvalue weighted by Crippen LogP contribution is -2.36. The Kier molecular flexibility index (Phi) is 5.24. The molecule has 7 nitrogen and oxygen atoms in total. The Balaban J connectivity index is 1.56. The van der Waals surface area contributed by atoms with E-state index in [2.05, 4.69) is 36.2 Å². The number of carbonyl (C=O) groups excluding carboxylic acids is 1. The summed E-state index contributed by atoms with van der Waals surface area (Å²) in [6.07, 6.45) is 3.62. The predicted molar refractivity (Wildman–Crippen MR) is 109 cm³/mol. The number of ether oxygens (including phenoxy) is 1. The van der Waals surface area contributed by atoms with Crippen molar-refractivity contribution in [1.29, 1.82) is 0 Å². The topological polar surface area (TPSA) is 72.3 Å². The maximum absolute atomic E-state index is 12.8. The summed E-state index contributed by atoms with van der Waals surface area (Å²) in [5.74, 6) is -0.228. The van der Waals surface area contributed by atoms with E-state index >= 15 is 0 Å². The Bertz CT molecular complexity index is 964. The van der Waals surface area contributed by atoms with Crippen LogP contribution >= 0.6 is 27.3 Å². The van der Waals surface area contributed by atoms with Crippen LogP contribution in [0.5, 0.6) is 0 Å². The van der Waals surface area contributed by atoms with E-state index in [0.29, 0.717) is 18.9 Å². The molecule has 0 saturated carbocycles. The number of hydrogen-bond acceptors (Lipinski definition) is 6. The highest BCUT2D eigenvalue weighted by Gasteiger charge is 2.18. The van der Waals surface area contributed by atoms with Gasteiger partial charge in [-0.15, -0.1) is 11.3 Å². The standard InChI is InChI=1S/C18H18BrN5O2S/c1-23-10-12(9-20-23)18-22-15(11-27-18)17(25)21-14-8-13(19)2-3-16(14)24-4-6-26-7-5-24/h2-3,8-11H,4-7H2,1H3,(H,21,25). The van der Waals surface area contributed by atoms with Gasteiger partial charge in [0.25, 0.3) is 5.91 Å². The van der Waals surface area contributed by atoms with Gasteiger partial charge in [0.1, 0.15) is 10.7 Å². The van der Waals surface area contributed by atoms with Crippen LogP contribution in [0.2, 0.25) is 0 Å². The van der Waals surface area contributed by atoms with E-state index in [1.807, 2.05) is 31.4 Å². The van der Waals surface area contributed by atoms with Gasteiger partial charge >= 0.3 is 0 Å². The number of halogens is 1. The minimum absolute atomic E-state index is 0.228. The molecule has 9 heteroatoms. The number of carbonyl (C=O) groups is 1. The first-order chi connectivity index (χ1) is 13.1. The maximum atomic E-state index is 12.8. The van der Waals surface area contributed by atoms with Crippen molar-refractivity contribution in [3.8, 4) is 10.6 Å². The fourth-order valence-electron chi connectivity index (χ4n) is 2.92. The van der Waals surface area contributed by atoms with E-state index < -0.39 is 0 Å². The lowest BCUT2D eigenvalue weighted by molar-refractivity contribution is 0.102. The molecule has 3 aromatic rings. The Morgan fingerprint density at radius 2 is 2.15 bits per heavy atom. The molecule has 1 saturated heterocycles. The highest BCUT2D eigenvalue weighted by Crippen LogP contribution is 2.31. The van der Waals surface area contributed by atoms with Crippen molar-refractivity contribution < 1.29 is 9.53 Å². The molecule has 1 aliphatic rings. The normalized spacial score (nSPS) is 14.4. The first-order valence-electron chi connectivity index (χ1n) is 8.48. The van der Waals surface area contributed by atoms with Crippen molar-refractivity contribution in [1.82, 2.24) is 14.8 Å². The van der Waals surface area contributed by atoms with Gasteiger partial charge in [-0.3, -0.25) is 9.48 Å². The highest BCUT2D eigenvalue weighted by atomic mass is 79.9. The molecule has 0 unspecified atom stereocenters. The van der Waals surface area contributed by atoms with Crippen LogP contribution in [0.15, 0.2) is 40.4 Å². The second-order valence-electron chi connectivity index (χ2n) is 6.16. The molecular formula is C18H18BrN5O2S. The first-order valence-corrected chi connectivity index (χ1v) is 10.2. The molecule has 1 aliphatic heterocycles. The first kappa shape index (κ1) is 18.1. The summed E-state index contributed by atoms with van der Waals surface area (Å²) in [7, 11) is 1.85. The molecule has 0 bridgehead atoms. The Hall–Kier alpha value is -2.23. The van der Waals surface area contributed by atoms with Crippen molar-refractivity contribution in [2.45, 2.75) is 0 Å². The second kappa shape index (κ2) is 7.79. The van der Waals surface area contributed by atoms with Gasteiger partial charge in [-0.1, -0.05) is 15.9 Å². The molecule has 0 aliphatic carbocycles. The zero-order valence-corrected chi connectivity index (χ0v) is 17.1. The molecular weight excluding hydrogens is 430 g/mol. The third-order valence-electron chi connectivity index (χ3n) is 4.25. The van der Waals surface area contributed by atoms with Gasteiger partial charge < -0.3 is 15.0 Å². The molecule has 4 rings (SSSR count). The number of amides is 1. The SMILES string of the molecule is Cn1cc(-c2nc(C(=O)Nc3cc(Br)ccc3N3CCOCC3)cs2)cn1. The third kappa shape index (κ3) is 4.05. The minimum atomic E-state index is -0.228. The average Bonchev–Trinajstić information content (AvgIpc) is 3.31. The molecule has 0 atom stereocenters. The van der Waals surface area contributed by atoms with E-state index in [-0.39, 0.29) is 5.91 Å². The Morgan fingerprint density at radius 1 is 1.33 bits per heavy atom. The van der Waals surface area contributed by atoms with Gasteiger partial charge in [0.15, 0.2) is 0 Å². The molecule has 140 valence electrons. The Morgan fingerprint density at radius 3 is 2.89 bits per heavy atom.